The standard InChI is InChI=1S/C10H17N3O/c1-5-7(2)11-10(14)9-6-13(4)12-8(9)3/h6-7H,5H2,1-4H3,(H,11,14). The molecule has 4 nitrogen and oxygen atoms in total. The fourth-order valence-corrected chi connectivity index (χ4v) is 1.23. The third kappa shape index (κ3) is 2.34. The third-order valence-electron chi connectivity index (χ3n) is 2.25. The summed E-state index contributed by atoms with van der Waals surface area (Å²) in [6.45, 7) is 5.87. The molecule has 1 heterocycles. The van der Waals surface area contributed by atoms with Crippen LogP contribution in [0.1, 0.15) is 36.3 Å². The smallest absolute Gasteiger partial charge is 0.254 e. The van der Waals surface area contributed by atoms with Gasteiger partial charge in [0.2, 0.25) is 0 Å². The fourth-order valence-electron chi connectivity index (χ4n) is 1.23. The minimum Gasteiger partial charge on any atom is -0.349 e. The molecule has 0 aliphatic heterocycles. The highest BCUT2D eigenvalue weighted by atomic mass is 16.1. The molecule has 1 N–H and O–H groups in total. The van der Waals surface area contributed by atoms with Crippen molar-refractivity contribution in [2.24, 2.45) is 7.05 Å². The summed E-state index contributed by atoms with van der Waals surface area (Å²) >= 11 is 0. The number of hydrogen-bond donors (Lipinski definition) is 1. The number of nitrogens with zero attached hydrogens (tertiary/aromatic N) is 2. The van der Waals surface area contributed by atoms with E-state index >= 15 is 0 Å². The average Bonchev–Trinajstić information content (AvgIpc) is 2.45. The van der Waals surface area contributed by atoms with Gasteiger partial charge < -0.3 is 5.32 Å². The third-order valence-corrected chi connectivity index (χ3v) is 2.25. The van der Waals surface area contributed by atoms with E-state index in [1.165, 1.54) is 0 Å². The van der Waals surface area contributed by atoms with Crippen LogP contribution in [0.2, 0.25) is 0 Å². The fraction of sp³-hybridized carbons (Fsp3) is 0.600. The lowest BCUT2D eigenvalue weighted by atomic mass is 10.2. The molecule has 0 saturated heterocycles. The second kappa shape index (κ2) is 4.26. The highest BCUT2D eigenvalue weighted by molar-refractivity contribution is 5.95. The van der Waals surface area contributed by atoms with E-state index in [0.717, 1.165) is 12.1 Å². The highest BCUT2D eigenvalue weighted by Gasteiger charge is 2.13. The molecule has 4 heteroatoms. The average molecular weight is 195 g/mol. The van der Waals surface area contributed by atoms with Crippen LogP contribution >= 0.6 is 0 Å². The van der Waals surface area contributed by atoms with E-state index in [1.807, 2.05) is 27.8 Å². The molecule has 1 unspecified atom stereocenters. The second-order valence-electron chi connectivity index (χ2n) is 3.58. The van der Waals surface area contributed by atoms with Gasteiger partial charge in [0.05, 0.1) is 11.3 Å². The van der Waals surface area contributed by atoms with Crippen molar-refractivity contribution in [2.45, 2.75) is 33.2 Å². The first-order valence-electron chi connectivity index (χ1n) is 4.85. The Morgan fingerprint density at radius 2 is 2.36 bits per heavy atom. The summed E-state index contributed by atoms with van der Waals surface area (Å²) < 4.78 is 1.65. The Kier molecular flexibility index (Phi) is 3.28. The zero-order valence-electron chi connectivity index (χ0n) is 9.16. The number of nitrogens with one attached hydrogen (secondary N) is 1. The van der Waals surface area contributed by atoms with Gasteiger partial charge in [-0.3, -0.25) is 9.48 Å². The molecule has 0 saturated carbocycles. The molecular formula is C10H17N3O. The van der Waals surface area contributed by atoms with E-state index in [0.29, 0.717) is 5.56 Å². The van der Waals surface area contributed by atoms with Crippen molar-refractivity contribution >= 4 is 5.91 Å². The summed E-state index contributed by atoms with van der Waals surface area (Å²) in [5.41, 5.74) is 1.43. The van der Waals surface area contributed by atoms with Gasteiger partial charge in [-0.25, -0.2) is 0 Å². The van der Waals surface area contributed by atoms with Crippen molar-refractivity contribution in [3.05, 3.63) is 17.5 Å². The van der Waals surface area contributed by atoms with E-state index in [9.17, 15) is 4.79 Å². The van der Waals surface area contributed by atoms with Crippen LogP contribution in [-0.2, 0) is 7.05 Å². The molecule has 0 aromatic carbocycles. The van der Waals surface area contributed by atoms with E-state index in [-0.39, 0.29) is 11.9 Å². The summed E-state index contributed by atoms with van der Waals surface area (Å²) in [4.78, 5) is 11.7. The summed E-state index contributed by atoms with van der Waals surface area (Å²) in [6, 6.07) is 0.210. The first kappa shape index (κ1) is 10.8. The predicted octanol–water partition coefficient (Wildman–Crippen LogP) is 1.26. The van der Waals surface area contributed by atoms with Crippen molar-refractivity contribution in [3.63, 3.8) is 0 Å². The topological polar surface area (TPSA) is 46.9 Å². The molecule has 1 rings (SSSR count). The Bertz CT molecular complexity index is 330. The van der Waals surface area contributed by atoms with Gasteiger partial charge in [0.1, 0.15) is 0 Å². The SMILES string of the molecule is CCC(C)NC(=O)c1cn(C)nc1C. The first-order valence-corrected chi connectivity index (χ1v) is 4.85. The zero-order chi connectivity index (χ0) is 10.7. The highest BCUT2D eigenvalue weighted by Crippen LogP contribution is 2.04. The molecule has 14 heavy (non-hydrogen) atoms. The number of carbonyl (C=O) groups excluding carboxylic acids is 1. The number of hydrogen-bond acceptors (Lipinski definition) is 2. The van der Waals surface area contributed by atoms with E-state index in [2.05, 4.69) is 10.4 Å². The minimum atomic E-state index is -0.0371. The van der Waals surface area contributed by atoms with Crippen LogP contribution in [0, 0.1) is 6.92 Å². The van der Waals surface area contributed by atoms with Crippen molar-refractivity contribution in [1.29, 1.82) is 0 Å². The van der Waals surface area contributed by atoms with E-state index in [1.54, 1.807) is 10.9 Å². The van der Waals surface area contributed by atoms with Gasteiger partial charge in [-0.15, -0.1) is 0 Å². The number of aromatic nitrogens is 2. The molecular weight excluding hydrogens is 178 g/mol. The normalized spacial score (nSPS) is 12.6. The quantitative estimate of drug-likeness (QED) is 0.789. The lowest BCUT2D eigenvalue weighted by Crippen LogP contribution is -2.32. The van der Waals surface area contributed by atoms with Gasteiger partial charge in [-0.2, -0.15) is 5.10 Å². The molecule has 78 valence electrons. The van der Waals surface area contributed by atoms with E-state index < -0.39 is 0 Å². The number of aryl methyl sites for hydroxylation is 2. The molecule has 0 aliphatic carbocycles. The largest absolute Gasteiger partial charge is 0.349 e. The predicted molar refractivity (Wildman–Crippen MR) is 55.2 cm³/mol. The van der Waals surface area contributed by atoms with Crippen molar-refractivity contribution in [3.8, 4) is 0 Å². The number of carbonyl (C=O) groups is 1. The molecule has 1 amide bonds. The van der Waals surface area contributed by atoms with Crippen LogP contribution in [0.15, 0.2) is 6.20 Å². The van der Waals surface area contributed by atoms with Crippen molar-refractivity contribution < 1.29 is 4.79 Å². The number of amides is 1. The molecule has 0 aliphatic rings. The van der Waals surface area contributed by atoms with E-state index in [4.69, 9.17) is 0 Å². The van der Waals surface area contributed by atoms with Crippen LogP contribution in [0.3, 0.4) is 0 Å². The maximum atomic E-state index is 11.7. The zero-order valence-corrected chi connectivity index (χ0v) is 9.16. The van der Waals surface area contributed by atoms with Gasteiger partial charge in [0.15, 0.2) is 0 Å². The lowest BCUT2D eigenvalue weighted by molar-refractivity contribution is 0.0938. The molecule has 0 bridgehead atoms. The summed E-state index contributed by atoms with van der Waals surface area (Å²) in [5, 5.41) is 7.03. The minimum absolute atomic E-state index is 0.0371. The number of rotatable bonds is 3. The Hall–Kier alpha value is -1.32. The summed E-state index contributed by atoms with van der Waals surface area (Å²) in [6.07, 6.45) is 2.68. The van der Waals surface area contributed by atoms with Gasteiger partial charge >= 0.3 is 0 Å². The Balaban J connectivity index is 2.74. The van der Waals surface area contributed by atoms with Crippen LogP contribution in [0.25, 0.3) is 0 Å². The Morgan fingerprint density at radius 3 is 2.79 bits per heavy atom. The van der Waals surface area contributed by atoms with Crippen LogP contribution in [0.5, 0.6) is 0 Å². The molecule has 1 aromatic rings. The molecule has 1 aromatic heterocycles. The van der Waals surface area contributed by atoms with Crippen LogP contribution in [0.4, 0.5) is 0 Å². The monoisotopic (exact) mass is 195 g/mol. The lowest BCUT2D eigenvalue weighted by Gasteiger charge is -2.10. The van der Waals surface area contributed by atoms with Gasteiger partial charge in [-0.05, 0) is 20.3 Å². The molecule has 0 fully saturated rings. The van der Waals surface area contributed by atoms with Crippen molar-refractivity contribution in [1.82, 2.24) is 15.1 Å². The summed E-state index contributed by atoms with van der Waals surface area (Å²) in [5.74, 6) is -0.0371. The molecule has 1 atom stereocenters. The maximum Gasteiger partial charge on any atom is 0.254 e. The van der Waals surface area contributed by atoms with Crippen LogP contribution in [-0.4, -0.2) is 21.7 Å². The first-order chi connectivity index (χ1) is 6.54. The summed E-state index contributed by atoms with van der Waals surface area (Å²) in [7, 11) is 1.81. The molecule has 0 spiro atoms. The second-order valence-corrected chi connectivity index (χ2v) is 3.58. The van der Waals surface area contributed by atoms with Crippen molar-refractivity contribution in [2.75, 3.05) is 0 Å². The van der Waals surface area contributed by atoms with Gasteiger partial charge in [0, 0.05) is 19.3 Å². The van der Waals surface area contributed by atoms with Gasteiger partial charge in [-0.1, -0.05) is 6.92 Å². The molecule has 0 radical (unpaired) electrons. The van der Waals surface area contributed by atoms with Gasteiger partial charge in [0.25, 0.3) is 5.91 Å². The van der Waals surface area contributed by atoms with Crippen LogP contribution < -0.4 is 5.32 Å². The Morgan fingerprint density at radius 1 is 1.71 bits per heavy atom. The maximum absolute atomic E-state index is 11.7. The Labute approximate surface area is 84.3 Å².